The fourth-order valence-corrected chi connectivity index (χ4v) is 17.7. The Labute approximate surface area is 724 Å². The van der Waals surface area contributed by atoms with Gasteiger partial charge < -0.3 is 41.6 Å². The molecule has 582 valence electrons. The van der Waals surface area contributed by atoms with Crippen molar-refractivity contribution in [2.45, 2.75) is 79.2 Å². The van der Waals surface area contributed by atoms with Crippen molar-refractivity contribution < 1.29 is 93.2 Å². The molecule has 0 unspecified atom stereocenters. The van der Waals surface area contributed by atoms with Crippen LogP contribution in [0.4, 0.5) is 0 Å². The molecular weight excluding hydrogens is 1500 g/mol. The van der Waals surface area contributed by atoms with E-state index in [1.54, 1.807) is 48.5 Å². The molecular formula is C101H98KN3O9P2. The van der Waals surface area contributed by atoms with Crippen LogP contribution in [0.3, 0.4) is 0 Å². The van der Waals surface area contributed by atoms with E-state index in [1.165, 1.54) is 123 Å². The van der Waals surface area contributed by atoms with Gasteiger partial charge in [-0.1, -0.05) is 276 Å². The minimum Gasteiger partial charge on any atom is -0.850 e. The van der Waals surface area contributed by atoms with Crippen molar-refractivity contribution in [2.75, 3.05) is 39.6 Å². The maximum absolute atomic E-state index is 12.7. The molecule has 17 rings (SSSR count). The van der Waals surface area contributed by atoms with Crippen LogP contribution in [0.2, 0.25) is 0 Å². The van der Waals surface area contributed by atoms with Crippen LogP contribution in [0.15, 0.2) is 315 Å². The number of para-hydroxylation sites is 6. The topological polar surface area (TPSA) is 135 Å². The molecule has 1 saturated heterocycles. The van der Waals surface area contributed by atoms with Gasteiger partial charge in [-0.05, 0) is 181 Å². The third kappa shape index (κ3) is 21.9. The Balaban J connectivity index is 0.000000167. The van der Waals surface area contributed by atoms with E-state index in [1.807, 2.05) is 72.8 Å². The quantitative estimate of drug-likeness (QED) is 0.0281. The molecule has 0 bridgehead atoms. The maximum atomic E-state index is 12.7. The summed E-state index contributed by atoms with van der Waals surface area (Å²) in [6.07, 6.45) is 12.7. The van der Waals surface area contributed by atoms with Crippen LogP contribution < -0.4 is 56.5 Å². The molecule has 0 aliphatic carbocycles. The molecule has 13 aromatic carbocycles. The smallest absolute Gasteiger partial charge is 0.850 e. The molecule has 116 heavy (non-hydrogen) atoms. The molecule has 1 fully saturated rings. The number of nitrogens with zero attached hydrogens (tertiary/aromatic N) is 3. The molecule has 1 aliphatic heterocycles. The standard InChI is InChI=1S/C52H36N2.C22H32O6P2.C19H13NO.C4H8O.C4H9O.K/c1-5-13-49-45(9-1)46-10-2-6-14-50(46)53(49)43-33-25-39(26-34-43)19-17-37-21-29-41(30-22-37)42-31-23-38(24-32-42)18-20-40-27-35-44(36-28-40)54-51-15-7-3-11-47(51)48-12-4-8-16-52(48)54;1-5-25-29(23,26-6-2)17-19-9-13-21(14-10-19)22-15-11-20(12-16-22)18-30(24,27-7-3)28-8-4;21-13-14-9-11-15(12-10-14)20-18-7-3-1-5-16(18)17-6-2-4-8-19(17)20;1-2-4-5-3-1;1-4(2,3)5;/h1-36H;9-16H,5-8,17-18H2,1-4H3;1-13H;1-4H2;1-3H3;/q;;;;-1;+1/b19-17+,20-18+;;;;;. The molecule has 15 heteroatoms. The van der Waals surface area contributed by atoms with Gasteiger partial charge in [0.1, 0.15) is 6.29 Å². The normalized spacial score (nSPS) is 12.3. The molecule has 0 spiro atoms. The van der Waals surface area contributed by atoms with Crippen LogP contribution in [0.5, 0.6) is 0 Å². The summed E-state index contributed by atoms with van der Waals surface area (Å²) in [5, 5.41) is 17.7. The number of aldehydes is 1. The zero-order valence-corrected chi connectivity index (χ0v) is 72.3. The van der Waals surface area contributed by atoms with E-state index in [0.29, 0.717) is 32.0 Å². The molecule has 0 atom stereocenters. The molecule has 0 saturated carbocycles. The predicted octanol–water partition coefficient (Wildman–Crippen LogP) is 23.3. The van der Waals surface area contributed by atoms with Gasteiger partial charge in [-0.2, -0.15) is 0 Å². The Bertz CT molecular complexity index is 5590. The van der Waals surface area contributed by atoms with E-state index in [9.17, 15) is 19.0 Å². The van der Waals surface area contributed by atoms with Gasteiger partial charge >= 0.3 is 66.6 Å². The van der Waals surface area contributed by atoms with Gasteiger partial charge in [0.05, 0.1) is 71.9 Å². The predicted molar refractivity (Wildman–Crippen MR) is 478 cm³/mol. The monoisotopic (exact) mass is 1600 g/mol. The average Bonchev–Trinajstić information content (AvgIpc) is 1.61. The number of fused-ring (bicyclic) bond motifs is 9. The van der Waals surface area contributed by atoms with Gasteiger partial charge in [-0.3, -0.25) is 13.9 Å². The van der Waals surface area contributed by atoms with E-state index in [2.05, 4.69) is 281 Å². The van der Waals surface area contributed by atoms with Gasteiger partial charge in [-0.25, -0.2) is 0 Å². The fourth-order valence-electron chi connectivity index (χ4n) is 14.3. The summed E-state index contributed by atoms with van der Waals surface area (Å²) >= 11 is 0. The minimum atomic E-state index is -3.12. The second kappa shape index (κ2) is 40.9. The van der Waals surface area contributed by atoms with Crippen LogP contribution in [-0.4, -0.2) is 65.2 Å². The van der Waals surface area contributed by atoms with Crippen molar-refractivity contribution in [1.82, 2.24) is 13.7 Å². The Kier molecular flexibility index (Phi) is 30.2. The van der Waals surface area contributed by atoms with Crippen LogP contribution in [-0.2, 0) is 44.3 Å². The van der Waals surface area contributed by atoms with Crippen molar-refractivity contribution in [3.63, 3.8) is 0 Å². The largest absolute Gasteiger partial charge is 1.00 e. The second-order valence-corrected chi connectivity index (χ2v) is 33.1. The Hall–Kier alpha value is -9.73. The van der Waals surface area contributed by atoms with Gasteiger partial charge in [0.15, 0.2) is 0 Å². The zero-order valence-electron chi connectivity index (χ0n) is 67.4. The van der Waals surface area contributed by atoms with Crippen molar-refractivity contribution in [2.24, 2.45) is 0 Å². The molecule has 4 heterocycles. The van der Waals surface area contributed by atoms with Gasteiger partial charge in [0, 0.05) is 68.2 Å². The number of rotatable bonds is 22. The number of ether oxygens (including phenoxy) is 1. The fraction of sp³-hybridized carbons (Fsp3) is 0.178. The van der Waals surface area contributed by atoms with E-state index < -0.39 is 20.8 Å². The number of aromatic nitrogens is 3. The Morgan fingerprint density at radius 3 is 0.741 bits per heavy atom. The summed E-state index contributed by atoms with van der Waals surface area (Å²) in [5.74, 6) is 0. The Morgan fingerprint density at radius 2 is 0.534 bits per heavy atom. The molecule has 0 N–H and O–H groups in total. The SMILES string of the molecule is C(=C\c1ccc(-n2c3ccccc3c3ccccc32)cc1)/c1ccc(-c2ccc(/C=C/c3ccc(-n4c5ccccc5c5ccccc54)cc3)cc2)cc1.C1CCOC1.CC(C)(C)[O-].CCOP(=O)(Cc1ccc(-c2ccc(CP(=O)(OCC)OCC)cc2)cc1)OCC.O=Cc1ccc(-n2c3ccccc3c3ccccc32)cc1.[K+]. The number of hydrogen-bond donors (Lipinski definition) is 0. The van der Waals surface area contributed by atoms with Crippen molar-refractivity contribution >= 4 is 111 Å². The summed E-state index contributed by atoms with van der Waals surface area (Å²) in [6.45, 7) is 15.5. The van der Waals surface area contributed by atoms with Crippen LogP contribution >= 0.6 is 15.2 Å². The van der Waals surface area contributed by atoms with Gasteiger partial charge in [0.2, 0.25) is 0 Å². The summed E-state index contributed by atoms with van der Waals surface area (Å²) in [7, 11) is -6.23. The van der Waals surface area contributed by atoms with Gasteiger partial charge in [0.25, 0.3) is 0 Å². The Morgan fingerprint density at radius 1 is 0.328 bits per heavy atom. The van der Waals surface area contributed by atoms with Crippen LogP contribution in [0, 0.1) is 0 Å². The third-order valence-corrected chi connectivity index (χ3v) is 23.7. The first-order valence-corrected chi connectivity index (χ1v) is 43.0. The summed E-state index contributed by atoms with van der Waals surface area (Å²) in [5.41, 5.74) is 21.6. The zero-order chi connectivity index (χ0) is 80.2. The first kappa shape index (κ1) is 85.6. The third-order valence-electron chi connectivity index (χ3n) is 19.5. The van der Waals surface area contributed by atoms with Crippen molar-refractivity contribution in [3.05, 3.63) is 354 Å². The number of carbonyl (C=O) groups is 1. The van der Waals surface area contributed by atoms with E-state index in [-0.39, 0.29) is 63.7 Å². The van der Waals surface area contributed by atoms with E-state index >= 15 is 0 Å². The van der Waals surface area contributed by atoms with Gasteiger partial charge in [-0.15, -0.1) is 5.60 Å². The second-order valence-electron chi connectivity index (χ2n) is 28.9. The first-order valence-electron chi connectivity index (χ1n) is 39.5. The van der Waals surface area contributed by atoms with Crippen LogP contribution in [0.25, 0.3) is 129 Å². The van der Waals surface area contributed by atoms with Crippen molar-refractivity contribution in [1.29, 1.82) is 0 Å². The molecule has 0 radical (unpaired) electrons. The first-order chi connectivity index (χ1) is 56.0. The number of benzene rings is 13. The molecule has 1 aliphatic rings. The maximum Gasteiger partial charge on any atom is 1.00 e. The summed E-state index contributed by atoms with van der Waals surface area (Å²) in [6, 6.07) is 110. The average molecular weight is 1600 g/mol. The molecule has 12 nitrogen and oxygen atoms in total. The minimum absolute atomic E-state index is 0. The van der Waals surface area contributed by atoms with Crippen molar-refractivity contribution in [3.8, 4) is 39.3 Å². The summed E-state index contributed by atoms with van der Waals surface area (Å²) < 4.78 is 58.7. The molecule has 0 amide bonds. The van der Waals surface area contributed by atoms with Crippen LogP contribution in [0.1, 0.15) is 105 Å². The number of hydrogen-bond acceptors (Lipinski definition) is 9. The molecule has 16 aromatic rings. The van der Waals surface area contributed by atoms with E-state index in [0.717, 1.165) is 47.4 Å². The van der Waals surface area contributed by atoms with E-state index in [4.69, 9.17) is 22.8 Å². The molecule has 3 aromatic heterocycles. The summed E-state index contributed by atoms with van der Waals surface area (Å²) in [4.78, 5) is 10.8. The number of carbonyl (C=O) groups excluding carboxylic acids is 1.